The number of aromatic nitrogens is 2. The number of ether oxygens (including phenoxy) is 1. The minimum Gasteiger partial charge on any atom is -0.492 e. The van der Waals surface area contributed by atoms with Crippen LogP contribution in [0.15, 0.2) is 65.7 Å². The largest absolute Gasteiger partial charge is 0.492 e. The number of halogens is 3. The summed E-state index contributed by atoms with van der Waals surface area (Å²) in [6.45, 7) is 4.39. The number of hydrogen-bond donors (Lipinski definition) is 1. The highest BCUT2D eigenvalue weighted by Crippen LogP contribution is 2.27. The highest BCUT2D eigenvalue weighted by molar-refractivity contribution is 5.94. The van der Waals surface area contributed by atoms with Gasteiger partial charge in [0.05, 0.1) is 18.2 Å². The van der Waals surface area contributed by atoms with Crippen LogP contribution < -0.4 is 15.6 Å². The molecule has 1 aliphatic rings. The Kier molecular flexibility index (Phi) is 8.39. The lowest BCUT2D eigenvalue weighted by Crippen LogP contribution is -2.34. The van der Waals surface area contributed by atoms with Gasteiger partial charge >= 0.3 is 0 Å². The highest BCUT2D eigenvalue weighted by Gasteiger charge is 2.20. The van der Waals surface area contributed by atoms with Gasteiger partial charge < -0.3 is 19.5 Å². The van der Waals surface area contributed by atoms with Gasteiger partial charge in [-0.05, 0) is 86.9 Å². The summed E-state index contributed by atoms with van der Waals surface area (Å²) >= 11 is 0. The van der Waals surface area contributed by atoms with E-state index in [4.69, 9.17) is 4.74 Å². The number of carbonyl (C=O) groups is 1. The average Bonchev–Trinajstić information content (AvgIpc) is 2.97. The van der Waals surface area contributed by atoms with Gasteiger partial charge in [-0.1, -0.05) is 6.07 Å². The Balaban J connectivity index is 1.30. The van der Waals surface area contributed by atoms with Crippen LogP contribution in [0.3, 0.4) is 0 Å². The third kappa shape index (κ3) is 6.27. The maximum Gasteiger partial charge on any atom is 0.263 e. The van der Waals surface area contributed by atoms with Crippen molar-refractivity contribution in [1.82, 2.24) is 19.8 Å². The summed E-state index contributed by atoms with van der Waals surface area (Å²) in [5.74, 6) is -3.70. The number of benzene rings is 2. The Labute approximate surface area is 235 Å². The number of rotatable bonds is 8. The normalized spacial score (nSPS) is 16.5. The fourth-order valence-corrected chi connectivity index (χ4v) is 5.26. The lowest BCUT2D eigenvalue weighted by molar-refractivity contribution is 0.0948. The van der Waals surface area contributed by atoms with Crippen LogP contribution in [-0.2, 0) is 6.54 Å². The first-order chi connectivity index (χ1) is 19.7. The molecule has 0 spiro atoms. The fraction of sp³-hybridized carbons (Fsp3) is 0.323. The second kappa shape index (κ2) is 12.1. The number of fused-ring (bicyclic) bond motifs is 1. The summed E-state index contributed by atoms with van der Waals surface area (Å²) < 4.78 is 48.3. The van der Waals surface area contributed by atoms with E-state index in [9.17, 15) is 22.8 Å². The van der Waals surface area contributed by atoms with Gasteiger partial charge in [0.1, 0.15) is 11.3 Å². The molecule has 0 saturated carbocycles. The van der Waals surface area contributed by atoms with E-state index in [1.165, 1.54) is 29.8 Å². The molecule has 214 valence electrons. The zero-order valence-corrected chi connectivity index (χ0v) is 22.9. The van der Waals surface area contributed by atoms with E-state index in [0.29, 0.717) is 12.5 Å². The molecule has 5 rings (SSSR count). The highest BCUT2D eigenvalue weighted by atomic mass is 19.2. The van der Waals surface area contributed by atoms with Crippen LogP contribution in [0.1, 0.15) is 47.3 Å². The smallest absolute Gasteiger partial charge is 0.263 e. The van der Waals surface area contributed by atoms with Crippen LogP contribution in [0.4, 0.5) is 13.2 Å². The van der Waals surface area contributed by atoms with Crippen molar-refractivity contribution in [3.8, 4) is 5.75 Å². The van der Waals surface area contributed by atoms with Crippen molar-refractivity contribution in [3.63, 3.8) is 0 Å². The minimum absolute atomic E-state index is 0.0550. The number of nitrogens with one attached hydrogen (secondary N) is 1. The molecule has 1 amide bonds. The van der Waals surface area contributed by atoms with Gasteiger partial charge in [0, 0.05) is 36.8 Å². The quantitative estimate of drug-likeness (QED) is 0.303. The number of amides is 1. The Morgan fingerprint density at radius 3 is 2.68 bits per heavy atom. The Bertz CT molecular complexity index is 1620. The monoisotopic (exact) mass is 564 g/mol. The van der Waals surface area contributed by atoms with E-state index in [2.05, 4.69) is 22.2 Å². The van der Waals surface area contributed by atoms with Crippen LogP contribution in [0.25, 0.3) is 10.9 Å². The Morgan fingerprint density at radius 1 is 1.15 bits per heavy atom. The fourth-order valence-electron chi connectivity index (χ4n) is 5.26. The Morgan fingerprint density at radius 2 is 1.93 bits per heavy atom. The van der Waals surface area contributed by atoms with Crippen molar-refractivity contribution in [2.24, 2.45) is 5.92 Å². The first kappa shape index (κ1) is 28.4. The van der Waals surface area contributed by atoms with E-state index >= 15 is 0 Å². The molecule has 4 aromatic rings. The zero-order valence-electron chi connectivity index (χ0n) is 22.9. The van der Waals surface area contributed by atoms with Crippen molar-refractivity contribution >= 4 is 16.8 Å². The molecule has 0 aliphatic carbocycles. The maximum atomic E-state index is 13.8. The molecular formula is C31H31F3N4O3. The van der Waals surface area contributed by atoms with Gasteiger partial charge in [-0.2, -0.15) is 0 Å². The molecule has 3 heterocycles. The molecule has 7 nitrogen and oxygen atoms in total. The lowest BCUT2D eigenvalue weighted by atomic mass is 9.99. The SMILES string of the molecule is CC(c1cc(F)c(F)c(F)c1)n1cccc(C(=O)NCc2ccc3nccc(OC[C@@H]4CCCN(C)C4)c3c2)c1=O. The third-order valence-corrected chi connectivity index (χ3v) is 7.54. The van der Waals surface area contributed by atoms with E-state index in [1.807, 2.05) is 24.3 Å². The van der Waals surface area contributed by atoms with Gasteiger partial charge in [0.2, 0.25) is 0 Å². The number of hydrogen-bond acceptors (Lipinski definition) is 5. The molecule has 0 bridgehead atoms. The molecule has 41 heavy (non-hydrogen) atoms. The van der Waals surface area contributed by atoms with E-state index in [-0.39, 0.29) is 17.7 Å². The second-order valence-corrected chi connectivity index (χ2v) is 10.5. The molecule has 1 fully saturated rings. The summed E-state index contributed by atoms with van der Waals surface area (Å²) in [6.07, 6.45) is 5.40. The molecule has 1 N–H and O–H groups in total. The summed E-state index contributed by atoms with van der Waals surface area (Å²) in [4.78, 5) is 32.9. The number of likely N-dealkylation sites (tertiary alicyclic amines) is 1. The van der Waals surface area contributed by atoms with Crippen molar-refractivity contribution < 1.29 is 22.7 Å². The molecular weight excluding hydrogens is 533 g/mol. The van der Waals surface area contributed by atoms with Crippen LogP contribution >= 0.6 is 0 Å². The molecule has 1 unspecified atom stereocenters. The topological polar surface area (TPSA) is 76.5 Å². The van der Waals surface area contributed by atoms with Gasteiger partial charge in [0.15, 0.2) is 17.5 Å². The predicted molar refractivity (Wildman–Crippen MR) is 149 cm³/mol. The van der Waals surface area contributed by atoms with Crippen LogP contribution in [0.2, 0.25) is 0 Å². The molecule has 10 heteroatoms. The molecule has 2 aromatic carbocycles. The third-order valence-electron chi connectivity index (χ3n) is 7.54. The van der Waals surface area contributed by atoms with E-state index in [1.54, 1.807) is 6.20 Å². The van der Waals surface area contributed by atoms with Gasteiger partial charge in [-0.3, -0.25) is 14.6 Å². The average molecular weight is 565 g/mol. The van der Waals surface area contributed by atoms with Crippen LogP contribution in [0.5, 0.6) is 5.75 Å². The van der Waals surface area contributed by atoms with Gasteiger partial charge in [-0.15, -0.1) is 0 Å². The van der Waals surface area contributed by atoms with Crippen molar-refractivity contribution in [1.29, 1.82) is 0 Å². The summed E-state index contributed by atoms with van der Waals surface area (Å²) in [6, 6.07) is 11.2. The maximum absolute atomic E-state index is 13.8. The first-order valence-corrected chi connectivity index (χ1v) is 13.5. The van der Waals surface area contributed by atoms with Crippen molar-refractivity contribution in [2.45, 2.75) is 32.4 Å². The number of pyridine rings is 2. The number of nitrogens with zero attached hydrogens (tertiary/aromatic N) is 3. The molecule has 0 radical (unpaired) electrons. The van der Waals surface area contributed by atoms with E-state index < -0.39 is 35.0 Å². The standard InChI is InChI=1S/C31H31F3N4O3/c1-19(22-14-25(32)29(34)26(33)15-22)38-12-4-6-23(31(38)40)30(39)36-16-20-7-8-27-24(13-20)28(9-10-35-27)41-18-21-5-3-11-37(2)17-21/h4,6-10,12-15,19,21H,3,5,11,16-18H2,1-2H3,(H,36,39)/t19?,21-/m1/s1. The molecule has 2 atom stereocenters. The molecule has 1 aliphatic heterocycles. The first-order valence-electron chi connectivity index (χ1n) is 13.5. The summed E-state index contributed by atoms with van der Waals surface area (Å²) in [5.41, 5.74) is 0.843. The van der Waals surface area contributed by atoms with Crippen LogP contribution in [-0.4, -0.2) is 47.1 Å². The van der Waals surface area contributed by atoms with Crippen LogP contribution in [0, 0.1) is 23.4 Å². The zero-order chi connectivity index (χ0) is 29.1. The second-order valence-electron chi connectivity index (χ2n) is 10.5. The lowest BCUT2D eigenvalue weighted by Gasteiger charge is -2.29. The van der Waals surface area contributed by atoms with Gasteiger partial charge in [0.25, 0.3) is 11.5 Å². The van der Waals surface area contributed by atoms with Crippen molar-refractivity contribution in [3.05, 3.63) is 105 Å². The summed E-state index contributed by atoms with van der Waals surface area (Å²) in [7, 11) is 2.12. The van der Waals surface area contributed by atoms with Gasteiger partial charge in [-0.25, -0.2) is 13.2 Å². The minimum atomic E-state index is -1.58. The predicted octanol–water partition coefficient (Wildman–Crippen LogP) is 5.07. The van der Waals surface area contributed by atoms with E-state index in [0.717, 1.165) is 60.3 Å². The van der Waals surface area contributed by atoms with Crippen molar-refractivity contribution in [2.75, 3.05) is 26.7 Å². The molecule has 1 saturated heterocycles. The number of carbonyl (C=O) groups excluding carboxylic acids is 1. The number of piperidine rings is 1. The summed E-state index contributed by atoms with van der Waals surface area (Å²) in [5, 5.41) is 3.60. The Hall–Kier alpha value is -4.18. The molecule has 2 aromatic heterocycles.